The van der Waals surface area contributed by atoms with Crippen molar-refractivity contribution < 1.29 is 13.9 Å². The lowest BCUT2D eigenvalue weighted by Crippen LogP contribution is -2.00. The molecule has 5 rings (SSSR count). The number of para-hydroxylation sites is 2. The minimum Gasteiger partial charge on any atom is -0.456 e. The van der Waals surface area contributed by atoms with Gasteiger partial charge in [0.1, 0.15) is 17.2 Å². The summed E-state index contributed by atoms with van der Waals surface area (Å²) in [7, 11) is 0. The Kier molecular flexibility index (Phi) is 4.68. The predicted molar refractivity (Wildman–Crippen MR) is 117 cm³/mol. The number of aromatic nitrogens is 1. The van der Waals surface area contributed by atoms with Crippen LogP contribution in [0.5, 0.6) is 23.0 Å². The van der Waals surface area contributed by atoms with Crippen molar-refractivity contribution in [2.45, 2.75) is 18.8 Å². The SMILES string of the molecule is C=Cc1c(C2CC2)nc2cc(Oc3ccccc3)c(F)cc2c1Oc1ccccc1. The van der Waals surface area contributed by atoms with Gasteiger partial charge in [-0.05, 0) is 43.2 Å². The molecule has 1 aliphatic rings. The lowest BCUT2D eigenvalue weighted by atomic mass is 10.0. The summed E-state index contributed by atoms with van der Waals surface area (Å²) >= 11 is 0. The number of halogens is 1. The third kappa shape index (κ3) is 3.52. The van der Waals surface area contributed by atoms with Gasteiger partial charge in [0.2, 0.25) is 0 Å². The first-order valence-corrected chi connectivity index (χ1v) is 9.98. The Morgan fingerprint density at radius 2 is 1.53 bits per heavy atom. The molecule has 0 N–H and O–H groups in total. The number of hydrogen-bond acceptors (Lipinski definition) is 3. The van der Waals surface area contributed by atoms with Crippen molar-refractivity contribution in [3.8, 4) is 23.0 Å². The molecule has 3 aromatic carbocycles. The maximum Gasteiger partial charge on any atom is 0.166 e. The van der Waals surface area contributed by atoms with Gasteiger partial charge in [-0.3, -0.25) is 4.98 Å². The van der Waals surface area contributed by atoms with Crippen molar-refractivity contribution in [3.63, 3.8) is 0 Å². The highest BCUT2D eigenvalue weighted by molar-refractivity contribution is 5.91. The van der Waals surface area contributed by atoms with E-state index in [1.54, 1.807) is 24.3 Å². The summed E-state index contributed by atoms with van der Waals surface area (Å²) in [5.41, 5.74) is 2.41. The highest BCUT2D eigenvalue weighted by Gasteiger charge is 2.30. The minimum absolute atomic E-state index is 0.139. The molecule has 148 valence electrons. The first-order chi connectivity index (χ1) is 14.7. The number of pyridine rings is 1. The quantitative estimate of drug-likeness (QED) is 0.338. The maximum absolute atomic E-state index is 15.0. The first-order valence-electron chi connectivity index (χ1n) is 9.98. The van der Waals surface area contributed by atoms with Crippen molar-refractivity contribution >= 4 is 17.0 Å². The summed E-state index contributed by atoms with van der Waals surface area (Å²) < 4.78 is 27.0. The van der Waals surface area contributed by atoms with E-state index in [0.717, 1.165) is 24.1 Å². The molecular weight excluding hydrogens is 377 g/mol. The van der Waals surface area contributed by atoms with Crippen LogP contribution in [0, 0.1) is 5.82 Å². The van der Waals surface area contributed by atoms with E-state index in [4.69, 9.17) is 14.5 Å². The van der Waals surface area contributed by atoms with Crippen LogP contribution in [-0.2, 0) is 0 Å². The number of ether oxygens (including phenoxy) is 2. The molecule has 0 bridgehead atoms. The number of fused-ring (bicyclic) bond motifs is 1. The van der Waals surface area contributed by atoms with Gasteiger partial charge >= 0.3 is 0 Å². The van der Waals surface area contributed by atoms with E-state index in [0.29, 0.717) is 34.1 Å². The molecule has 0 saturated heterocycles. The van der Waals surface area contributed by atoms with E-state index < -0.39 is 5.82 Å². The van der Waals surface area contributed by atoms with Crippen LogP contribution in [0.3, 0.4) is 0 Å². The second-order valence-corrected chi connectivity index (χ2v) is 7.35. The highest BCUT2D eigenvalue weighted by atomic mass is 19.1. The average molecular weight is 397 g/mol. The summed E-state index contributed by atoms with van der Waals surface area (Å²) in [6, 6.07) is 21.7. The molecule has 0 amide bonds. The third-order valence-electron chi connectivity index (χ3n) is 5.16. The molecule has 1 aliphatic carbocycles. The molecule has 0 aliphatic heterocycles. The van der Waals surface area contributed by atoms with Crippen LogP contribution >= 0.6 is 0 Å². The summed E-state index contributed by atoms with van der Waals surface area (Å²) in [6.45, 7) is 3.97. The monoisotopic (exact) mass is 397 g/mol. The average Bonchev–Trinajstić information content (AvgIpc) is 3.61. The van der Waals surface area contributed by atoms with Gasteiger partial charge in [-0.1, -0.05) is 49.1 Å². The number of nitrogens with zero attached hydrogens (tertiary/aromatic N) is 1. The van der Waals surface area contributed by atoms with Gasteiger partial charge in [-0.2, -0.15) is 0 Å². The standard InChI is InChI=1S/C26H20FNO2/c1-2-20-25(17-13-14-17)28-23-16-24(29-18-9-5-3-6-10-18)22(27)15-21(23)26(20)30-19-11-7-4-8-12-19/h2-12,15-17H,1,13-14H2. The number of rotatable bonds is 6. The molecule has 3 nitrogen and oxygen atoms in total. The Balaban J connectivity index is 1.67. The van der Waals surface area contributed by atoms with Gasteiger partial charge in [0, 0.05) is 22.9 Å². The molecule has 4 aromatic rings. The number of benzene rings is 3. The topological polar surface area (TPSA) is 31.4 Å². The second-order valence-electron chi connectivity index (χ2n) is 7.35. The van der Waals surface area contributed by atoms with Crippen molar-refractivity contribution in [3.05, 3.63) is 96.4 Å². The fourth-order valence-corrected chi connectivity index (χ4v) is 3.54. The van der Waals surface area contributed by atoms with E-state index >= 15 is 0 Å². The lowest BCUT2D eigenvalue weighted by Gasteiger charge is -2.17. The zero-order chi connectivity index (χ0) is 20.5. The molecule has 0 atom stereocenters. The molecule has 30 heavy (non-hydrogen) atoms. The summed E-state index contributed by atoms with van der Waals surface area (Å²) in [5, 5.41) is 0.594. The van der Waals surface area contributed by atoms with Gasteiger partial charge in [-0.25, -0.2) is 4.39 Å². The molecule has 1 fully saturated rings. The highest BCUT2D eigenvalue weighted by Crippen LogP contribution is 2.46. The normalized spacial score (nSPS) is 13.2. The molecule has 4 heteroatoms. The molecule has 0 unspecified atom stereocenters. The van der Waals surface area contributed by atoms with Crippen LogP contribution in [0.2, 0.25) is 0 Å². The van der Waals surface area contributed by atoms with E-state index in [-0.39, 0.29) is 5.75 Å². The maximum atomic E-state index is 15.0. The largest absolute Gasteiger partial charge is 0.456 e. The molecule has 1 saturated carbocycles. The van der Waals surface area contributed by atoms with Crippen molar-refractivity contribution in [2.24, 2.45) is 0 Å². The van der Waals surface area contributed by atoms with Gasteiger partial charge < -0.3 is 9.47 Å². The Labute approximate surface area is 174 Å². The van der Waals surface area contributed by atoms with Crippen molar-refractivity contribution in [1.29, 1.82) is 0 Å². The number of hydrogen-bond donors (Lipinski definition) is 0. The smallest absolute Gasteiger partial charge is 0.166 e. The zero-order valence-electron chi connectivity index (χ0n) is 16.3. The first kappa shape index (κ1) is 18.4. The Bertz CT molecular complexity index is 1220. The molecule has 0 radical (unpaired) electrons. The fraction of sp³-hybridized carbons (Fsp3) is 0.115. The predicted octanol–water partition coefficient (Wildman–Crippen LogP) is 7.48. The van der Waals surface area contributed by atoms with Crippen LogP contribution in [0.4, 0.5) is 4.39 Å². The van der Waals surface area contributed by atoms with E-state index in [2.05, 4.69) is 6.58 Å². The van der Waals surface area contributed by atoms with Gasteiger partial charge in [0.05, 0.1) is 11.2 Å². The molecule has 1 aromatic heterocycles. The van der Waals surface area contributed by atoms with Gasteiger partial charge in [0.15, 0.2) is 11.6 Å². The fourth-order valence-electron chi connectivity index (χ4n) is 3.54. The van der Waals surface area contributed by atoms with Crippen LogP contribution in [0.25, 0.3) is 17.0 Å². The lowest BCUT2D eigenvalue weighted by molar-refractivity contribution is 0.442. The van der Waals surface area contributed by atoms with E-state index in [1.165, 1.54) is 6.07 Å². The second kappa shape index (κ2) is 7.64. The summed E-state index contributed by atoms with van der Waals surface area (Å²) in [6.07, 6.45) is 3.92. The minimum atomic E-state index is -0.472. The Hall–Kier alpha value is -3.66. The van der Waals surface area contributed by atoms with Crippen molar-refractivity contribution in [1.82, 2.24) is 4.98 Å². The van der Waals surface area contributed by atoms with Crippen LogP contribution in [0.1, 0.15) is 30.0 Å². The molecule has 0 spiro atoms. The summed E-state index contributed by atoms with van der Waals surface area (Å²) in [4.78, 5) is 4.86. The van der Waals surface area contributed by atoms with Crippen LogP contribution in [-0.4, -0.2) is 4.98 Å². The Morgan fingerprint density at radius 3 is 2.13 bits per heavy atom. The summed E-state index contributed by atoms with van der Waals surface area (Å²) in [5.74, 6) is 1.87. The van der Waals surface area contributed by atoms with Gasteiger partial charge in [0.25, 0.3) is 0 Å². The van der Waals surface area contributed by atoms with Gasteiger partial charge in [-0.15, -0.1) is 0 Å². The van der Waals surface area contributed by atoms with E-state index in [1.807, 2.05) is 48.5 Å². The van der Waals surface area contributed by atoms with Crippen LogP contribution < -0.4 is 9.47 Å². The zero-order valence-corrected chi connectivity index (χ0v) is 16.3. The van der Waals surface area contributed by atoms with E-state index in [9.17, 15) is 4.39 Å². The van der Waals surface area contributed by atoms with Crippen molar-refractivity contribution in [2.75, 3.05) is 0 Å². The third-order valence-corrected chi connectivity index (χ3v) is 5.16. The molecular formula is C26H20FNO2. The Morgan fingerprint density at radius 1 is 0.900 bits per heavy atom. The van der Waals surface area contributed by atoms with Crippen LogP contribution in [0.15, 0.2) is 79.4 Å². The molecule has 1 heterocycles.